The SMILES string of the molecule is CN1CCC2(CC1)NC1CCN(C)CC1S2. The topological polar surface area (TPSA) is 18.5 Å². The zero-order valence-corrected chi connectivity index (χ0v) is 11.2. The average molecular weight is 241 g/mol. The van der Waals surface area contributed by atoms with Crippen LogP contribution < -0.4 is 5.32 Å². The van der Waals surface area contributed by atoms with Gasteiger partial charge in [0.2, 0.25) is 0 Å². The predicted octanol–water partition coefficient (Wildman–Crippen LogP) is 0.817. The van der Waals surface area contributed by atoms with Gasteiger partial charge in [-0.05, 0) is 39.9 Å². The number of thioether (sulfide) groups is 1. The minimum absolute atomic E-state index is 0.424. The monoisotopic (exact) mass is 241 g/mol. The van der Waals surface area contributed by atoms with Crippen LogP contribution in [0.25, 0.3) is 0 Å². The molecule has 4 heteroatoms. The first-order chi connectivity index (χ1) is 7.67. The van der Waals surface area contributed by atoms with Gasteiger partial charge < -0.3 is 9.80 Å². The van der Waals surface area contributed by atoms with E-state index in [1.807, 2.05) is 0 Å². The second-order valence-electron chi connectivity index (χ2n) is 5.76. The number of rotatable bonds is 0. The number of nitrogens with one attached hydrogen (secondary N) is 1. The Hall–Kier alpha value is 0.230. The van der Waals surface area contributed by atoms with Crippen molar-refractivity contribution in [1.29, 1.82) is 0 Å². The van der Waals surface area contributed by atoms with E-state index in [0.717, 1.165) is 11.3 Å². The van der Waals surface area contributed by atoms with Crippen LogP contribution in [-0.2, 0) is 0 Å². The Morgan fingerprint density at radius 1 is 1.12 bits per heavy atom. The number of fused-ring (bicyclic) bond motifs is 1. The molecule has 0 saturated carbocycles. The number of hydrogen-bond acceptors (Lipinski definition) is 4. The molecule has 0 aromatic heterocycles. The van der Waals surface area contributed by atoms with Gasteiger partial charge in [-0.25, -0.2) is 0 Å². The molecule has 0 aliphatic carbocycles. The number of hydrogen-bond donors (Lipinski definition) is 1. The summed E-state index contributed by atoms with van der Waals surface area (Å²) in [6.07, 6.45) is 3.99. The van der Waals surface area contributed by atoms with Gasteiger partial charge in [-0.3, -0.25) is 5.32 Å². The first-order valence-electron chi connectivity index (χ1n) is 6.49. The van der Waals surface area contributed by atoms with Gasteiger partial charge in [0, 0.05) is 30.9 Å². The molecule has 2 unspecified atom stereocenters. The van der Waals surface area contributed by atoms with Crippen LogP contribution in [0, 0.1) is 0 Å². The molecule has 0 radical (unpaired) electrons. The van der Waals surface area contributed by atoms with Crippen LogP contribution in [0.3, 0.4) is 0 Å². The third-order valence-corrected chi connectivity index (χ3v) is 6.14. The standard InChI is InChI=1S/C12H23N3S/c1-14-7-4-12(5-8-14)13-10-3-6-15(2)9-11(10)16-12/h10-11,13H,3-9H2,1-2H3. The Kier molecular flexibility index (Phi) is 2.94. The highest BCUT2D eigenvalue weighted by Gasteiger charge is 2.47. The summed E-state index contributed by atoms with van der Waals surface area (Å²) in [4.78, 5) is 5.37. The van der Waals surface area contributed by atoms with Crippen molar-refractivity contribution >= 4 is 11.8 Å². The van der Waals surface area contributed by atoms with Crippen LogP contribution in [0.15, 0.2) is 0 Å². The van der Waals surface area contributed by atoms with Gasteiger partial charge in [-0.2, -0.15) is 0 Å². The molecule has 2 atom stereocenters. The highest BCUT2D eigenvalue weighted by Crippen LogP contribution is 2.45. The van der Waals surface area contributed by atoms with Gasteiger partial charge in [0.1, 0.15) is 0 Å². The van der Waals surface area contributed by atoms with Crippen molar-refractivity contribution < 1.29 is 0 Å². The summed E-state index contributed by atoms with van der Waals surface area (Å²) < 4.78 is 0. The van der Waals surface area contributed by atoms with E-state index in [1.54, 1.807) is 0 Å². The summed E-state index contributed by atoms with van der Waals surface area (Å²) in [7, 11) is 4.50. The van der Waals surface area contributed by atoms with Crippen LogP contribution in [0.4, 0.5) is 0 Å². The lowest BCUT2D eigenvalue weighted by Crippen LogP contribution is -2.51. The van der Waals surface area contributed by atoms with Gasteiger partial charge in [0.15, 0.2) is 0 Å². The summed E-state index contributed by atoms with van der Waals surface area (Å²) >= 11 is 2.24. The maximum absolute atomic E-state index is 3.96. The van der Waals surface area contributed by atoms with Gasteiger partial charge in [-0.1, -0.05) is 0 Å². The maximum Gasteiger partial charge on any atom is 0.0676 e. The molecular formula is C12H23N3S. The minimum atomic E-state index is 0.424. The fourth-order valence-corrected chi connectivity index (χ4v) is 5.17. The summed E-state index contributed by atoms with van der Waals surface area (Å²) in [5.74, 6) is 0. The van der Waals surface area contributed by atoms with Gasteiger partial charge in [0.05, 0.1) is 4.87 Å². The predicted molar refractivity (Wildman–Crippen MR) is 69.9 cm³/mol. The first kappa shape index (κ1) is 11.3. The van der Waals surface area contributed by atoms with E-state index in [9.17, 15) is 0 Å². The lowest BCUT2D eigenvalue weighted by molar-refractivity contribution is 0.195. The average Bonchev–Trinajstić information content (AvgIpc) is 2.60. The first-order valence-corrected chi connectivity index (χ1v) is 7.37. The lowest BCUT2D eigenvalue weighted by atomic mass is 10.00. The Bertz CT molecular complexity index is 263. The van der Waals surface area contributed by atoms with Crippen molar-refractivity contribution in [2.24, 2.45) is 0 Å². The van der Waals surface area contributed by atoms with Crippen LogP contribution in [0.1, 0.15) is 19.3 Å². The van der Waals surface area contributed by atoms with Crippen LogP contribution in [0.2, 0.25) is 0 Å². The summed E-state index contributed by atoms with van der Waals surface area (Å²) in [6, 6.07) is 0.782. The number of nitrogens with zero attached hydrogens (tertiary/aromatic N) is 2. The molecule has 3 aliphatic heterocycles. The molecule has 3 nitrogen and oxygen atoms in total. The molecule has 3 aliphatic rings. The summed E-state index contributed by atoms with van der Waals surface area (Å²) in [5, 5.41) is 4.79. The molecule has 92 valence electrons. The third kappa shape index (κ3) is 2.01. The van der Waals surface area contributed by atoms with E-state index in [2.05, 4.69) is 41.0 Å². The molecule has 3 rings (SSSR count). The molecule has 3 fully saturated rings. The highest BCUT2D eigenvalue weighted by atomic mass is 32.2. The van der Waals surface area contributed by atoms with Crippen molar-refractivity contribution in [3.8, 4) is 0 Å². The van der Waals surface area contributed by atoms with E-state index in [4.69, 9.17) is 0 Å². The van der Waals surface area contributed by atoms with E-state index < -0.39 is 0 Å². The zero-order chi connectivity index (χ0) is 11.2. The molecule has 0 amide bonds. The molecule has 1 N–H and O–H groups in total. The van der Waals surface area contributed by atoms with Gasteiger partial charge >= 0.3 is 0 Å². The third-order valence-electron chi connectivity index (χ3n) is 4.38. The lowest BCUT2D eigenvalue weighted by Gasteiger charge is -2.37. The Morgan fingerprint density at radius 3 is 2.62 bits per heavy atom. The molecule has 0 aromatic carbocycles. The largest absolute Gasteiger partial charge is 0.306 e. The Morgan fingerprint density at radius 2 is 1.88 bits per heavy atom. The second-order valence-corrected chi connectivity index (χ2v) is 7.38. The molecule has 0 bridgehead atoms. The number of piperidine rings is 2. The van der Waals surface area contributed by atoms with Crippen LogP contribution >= 0.6 is 11.8 Å². The Balaban J connectivity index is 1.67. The molecule has 1 spiro atoms. The van der Waals surface area contributed by atoms with Crippen LogP contribution in [0.5, 0.6) is 0 Å². The summed E-state index contributed by atoms with van der Waals surface area (Å²) in [6.45, 7) is 5.06. The number of likely N-dealkylation sites (tertiary alicyclic amines) is 2. The van der Waals surface area contributed by atoms with Crippen molar-refractivity contribution in [3.05, 3.63) is 0 Å². The summed E-state index contributed by atoms with van der Waals surface area (Å²) in [5.41, 5.74) is 0. The quantitative estimate of drug-likeness (QED) is 0.676. The fourth-order valence-electron chi connectivity index (χ4n) is 3.26. The van der Waals surface area contributed by atoms with E-state index in [0.29, 0.717) is 4.87 Å². The van der Waals surface area contributed by atoms with E-state index in [-0.39, 0.29) is 0 Å². The van der Waals surface area contributed by atoms with E-state index in [1.165, 1.54) is 45.4 Å². The van der Waals surface area contributed by atoms with Crippen molar-refractivity contribution in [1.82, 2.24) is 15.1 Å². The molecule has 0 aromatic rings. The fraction of sp³-hybridized carbons (Fsp3) is 1.00. The van der Waals surface area contributed by atoms with Crippen LogP contribution in [-0.4, -0.2) is 66.2 Å². The molecule has 3 saturated heterocycles. The maximum atomic E-state index is 3.96. The van der Waals surface area contributed by atoms with Gasteiger partial charge in [-0.15, -0.1) is 11.8 Å². The smallest absolute Gasteiger partial charge is 0.0676 e. The normalized spacial score (nSPS) is 40.1. The zero-order valence-electron chi connectivity index (χ0n) is 10.4. The van der Waals surface area contributed by atoms with Crippen molar-refractivity contribution in [2.45, 2.75) is 35.4 Å². The highest BCUT2D eigenvalue weighted by molar-refractivity contribution is 8.01. The van der Waals surface area contributed by atoms with Crippen molar-refractivity contribution in [3.63, 3.8) is 0 Å². The molecular weight excluding hydrogens is 218 g/mol. The molecule has 3 heterocycles. The molecule has 16 heavy (non-hydrogen) atoms. The van der Waals surface area contributed by atoms with Gasteiger partial charge in [0.25, 0.3) is 0 Å². The second kappa shape index (κ2) is 4.16. The Labute approximate surface area is 103 Å². The van der Waals surface area contributed by atoms with E-state index >= 15 is 0 Å². The van der Waals surface area contributed by atoms with Crippen molar-refractivity contribution in [2.75, 3.05) is 40.3 Å². The minimum Gasteiger partial charge on any atom is -0.306 e.